The van der Waals surface area contributed by atoms with Crippen LogP contribution in [0, 0.1) is 0 Å². The first-order chi connectivity index (χ1) is 8.69. The van der Waals surface area contributed by atoms with Gasteiger partial charge in [0.2, 0.25) is 5.88 Å². The Labute approximate surface area is 108 Å². The van der Waals surface area contributed by atoms with Gasteiger partial charge in [-0.15, -0.1) is 0 Å². The van der Waals surface area contributed by atoms with Crippen LogP contribution < -0.4 is 4.18 Å². The number of likely N-dealkylation sites (N-methyl/N-ethyl adjacent to an activating group) is 1. The van der Waals surface area contributed by atoms with Crippen molar-refractivity contribution in [3.05, 3.63) is 23.4 Å². The molecule has 2 heterocycles. The molecule has 1 aliphatic rings. The Balaban J connectivity index is 2.25. The van der Waals surface area contributed by atoms with Gasteiger partial charge in [-0.1, -0.05) is 0 Å². The molecule has 1 aromatic heterocycles. The fourth-order valence-electron chi connectivity index (χ4n) is 1.76. The Morgan fingerprint density at radius 3 is 2.68 bits per heavy atom. The smallest absolute Gasteiger partial charge is 0.355 e. The molecule has 0 radical (unpaired) electrons. The summed E-state index contributed by atoms with van der Waals surface area (Å²) in [5.41, 5.74) is -3.85. The normalized spacial score (nSPS) is 17.1. The van der Waals surface area contributed by atoms with E-state index in [2.05, 4.69) is 9.17 Å². The van der Waals surface area contributed by atoms with E-state index in [0.29, 0.717) is 13.0 Å². The number of alkyl halides is 3. The summed E-state index contributed by atoms with van der Waals surface area (Å²) in [5.74, 6) is -0.555. The number of pyridine rings is 1. The van der Waals surface area contributed by atoms with Crippen LogP contribution >= 0.6 is 0 Å². The molecule has 0 amide bonds. The van der Waals surface area contributed by atoms with E-state index in [0.717, 1.165) is 17.7 Å². The molecule has 1 aliphatic heterocycles. The predicted octanol–water partition coefficient (Wildman–Crippen LogP) is 1.30. The summed E-state index contributed by atoms with van der Waals surface area (Å²) in [5, 5.41) is 0. The third kappa shape index (κ3) is 2.98. The summed E-state index contributed by atoms with van der Waals surface area (Å²) in [6.07, 6.45) is 1.95. The Kier molecular flexibility index (Phi) is 3.43. The molecule has 5 nitrogen and oxygen atoms in total. The van der Waals surface area contributed by atoms with Crippen LogP contribution in [-0.2, 0) is 23.1 Å². The van der Waals surface area contributed by atoms with E-state index in [9.17, 15) is 21.6 Å². The number of fused-ring (bicyclic) bond motifs is 1. The zero-order valence-corrected chi connectivity index (χ0v) is 10.8. The fourth-order valence-corrected chi connectivity index (χ4v) is 2.18. The number of halogens is 3. The number of hydrogen-bond acceptors (Lipinski definition) is 5. The molecule has 106 valence electrons. The second-order valence-electron chi connectivity index (χ2n) is 4.26. The fraction of sp³-hybridized carbons (Fsp3) is 0.500. The zero-order chi connectivity index (χ0) is 14.3. The summed E-state index contributed by atoms with van der Waals surface area (Å²) in [6, 6.07) is 1.24. The van der Waals surface area contributed by atoms with Gasteiger partial charge in [-0.05, 0) is 24.6 Å². The van der Waals surface area contributed by atoms with E-state index >= 15 is 0 Å². The summed E-state index contributed by atoms with van der Waals surface area (Å²) in [7, 11) is -3.76. The molecule has 9 heteroatoms. The molecule has 0 aromatic carbocycles. The maximum Gasteiger partial charge on any atom is 0.534 e. The largest absolute Gasteiger partial charge is 0.534 e. The van der Waals surface area contributed by atoms with Crippen LogP contribution in [0.25, 0.3) is 0 Å². The quantitative estimate of drug-likeness (QED) is 0.608. The Bertz CT molecular complexity index is 586. The summed E-state index contributed by atoms with van der Waals surface area (Å²) < 4.78 is 62.2. The van der Waals surface area contributed by atoms with Gasteiger partial charge in [-0.3, -0.25) is 0 Å². The number of nitrogens with zero attached hydrogens (tertiary/aromatic N) is 2. The average Bonchev–Trinajstić information content (AvgIpc) is 2.27. The molecular weight excluding hydrogens is 285 g/mol. The maximum atomic E-state index is 12.2. The molecule has 1 aromatic rings. The molecule has 0 fully saturated rings. The zero-order valence-electron chi connectivity index (χ0n) is 9.94. The molecule has 0 bridgehead atoms. The minimum atomic E-state index is -5.66. The standard InChI is InChI=1S/C10H11F3N2O3S/c1-15-3-2-7-4-9(14-5-8(7)6-15)18-19(16,17)10(11,12)13/h4-5H,2-3,6H2,1H3. The summed E-state index contributed by atoms with van der Waals surface area (Å²) in [4.78, 5) is 5.62. The van der Waals surface area contributed by atoms with Crippen LogP contribution in [-0.4, -0.2) is 37.4 Å². The van der Waals surface area contributed by atoms with Crippen LogP contribution in [0.15, 0.2) is 12.3 Å². The van der Waals surface area contributed by atoms with E-state index in [1.165, 1.54) is 12.3 Å². The first kappa shape index (κ1) is 14.1. The van der Waals surface area contributed by atoms with Crippen molar-refractivity contribution < 1.29 is 25.8 Å². The monoisotopic (exact) mass is 296 g/mol. The van der Waals surface area contributed by atoms with Crippen LogP contribution in [0.2, 0.25) is 0 Å². The van der Waals surface area contributed by atoms with Crippen LogP contribution in [0.1, 0.15) is 11.1 Å². The molecule has 19 heavy (non-hydrogen) atoms. The lowest BCUT2D eigenvalue weighted by Crippen LogP contribution is -2.29. The van der Waals surface area contributed by atoms with E-state index in [1.54, 1.807) is 0 Å². The molecule has 0 unspecified atom stereocenters. The summed E-state index contributed by atoms with van der Waals surface area (Å²) in [6.45, 7) is 1.36. The van der Waals surface area contributed by atoms with Gasteiger partial charge in [0.25, 0.3) is 0 Å². The van der Waals surface area contributed by atoms with Crippen molar-refractivity contribution >= 4 is 10.1 Å². The van der Waals surface area contributed by atoms with Gasteiger partial charge in [-0.25, -0.2) is 4.98 Å². The van der Waals surface area contributed by atoms with Gasteiger partial charge >= 0.3 is 15.6 Å². The molecule has 2 rings (SSSR count). The van der Waals surface area contributed by atoms with Crippen LogP contribution in [0.3, 0.4) is 0 Å². The van der Waals surface area contributed by atoms with Gasteiger partial charge in [0.15, 0.2) is 0 Å². The highest BCUT2D eigenvalue weighted by Crippen LogP contribution is 2.27. The van der Waals surface area contributed by atoms with E-state index in [1.807, 2.05) is 11.9 Å². The lowest BCUT2D eigenvalue weighted by atomic mass is 10.0. The van der Waals surface area contributed by atoms with E-state index in [-0.39, 0.29) is 0 Å². The van der Waals surface area contributed by atoms with E-state index in [4.69, 9.17) is 0 Å². The van der Waals surface area contributed by atoms with Crippen molar-refractivity contribution in [2.24, 2.45) is 0 Å². The summed E-state index contributed by atoms with van der Waals surface area (Å²) >= 11 is 0. The molecule has 0 N–H and O–H groups in total. The maximum absolute atomic E-state index is 12.2. The number of rotatable bonds is 2. The second-order valence-corrected chi connectivity index (χ2v) is 5.80. The number of aromatic nitrogens is 1. The lowest BCUT2D eigenvalue weighted by Gasteiger charge is -2.24. The molecular formula is C10H11F3N2O3S. The van der Waals surface area contributed by atoms with Crippen LogP contribution in [0.4, 0.5) is 13.2 Å². The highest BCUT2D eigenvalue weighted by atomic mass is 32.2. The van der Waals surface area contributed by atoms with Crippen molar-refractivity contribution in [1.29, 1.82) is 0 Å². The van der Waals surface area contributed by atoms with Crippen molar-refractivity contribution in [3.63, 3.8) is 0 Å². The lowest BCUT2D eigenvalue weighted by molar-refractivity contribution is -0.0501. The number of hydrogen-bond donors (Lipinski definition) is 0. The topological polar surface area (TPSA) is 59.5 Å². The molecule has 0 atom stereocenters. The van der Waals surface area contributed by atoms with Gasteiger partial charge in [0, 0.05) is 25.4 Å². The highest BCUT2D eigenvalue weighted by molar-refractivity contribution is 7.87. The van der Waals surface area contributed by atoms with Crippen molar-refractivity contribution in [2.45, 2.75) is 18.5 Å². The van der Waals surface area contributed by atoms with Gasteiger partial charge in [-0.2, -0.15) is 21.6 Å². The minimum Gasteiger partial charge on any atom is -0.355 e. The van der Waals surface area contributed by atoms with Gasteiger partial charge in [0.1, 0.15) is 0 Å². The highest BCUT2D eigenvalue weighted by Gasteiger charge is 2.48. The van der Waals surface area contributed by atoms with Gasteiger partial charge < -0.3 is 9.08 Å². The molecule has 0 saturated heterocycles. The van der Waals surface area contributed by atoms with E-state index < -0.39 is 21.5 Å². The van der Waals surface area contributed by atoms with Crippen molar-refractivity contribution in [2.75, 3.05) is 13.6 Å². The third-order valence-corrected chi connectivity index (χ3v) is 3.70. The Morgan fingerprint density at radius 1 is 1.37 bits per heavy atom. The Hall–Kier alpha value is -1.35. The second kappa shape index (κ2) is 4.64. The predicted molar refractivity (Wildman–Crippen MR) is 59.9 cm³/mol. The van der Waals surface area contributed by atoms with Crippen LogP contribution in [0.5, 0.6) is 5.88 Å². The Morgan fingerprint density at radius 2 is 2.05 bits per heavy atom. The SMILES string of the molecule is CN1CCc2cc(OS(=O)(=O)C(F)(F)F)ncc2C1. The van der Waals surface area contributed by atoms with Crippen molar-refractivity contribution in [3.8, 4) is 5.88 Å². The third-order valence-electron chi connectivity index (χ3n) is 2.74. The van der Waals surface area contributed by atoms with Gasteiger partial charge in [0.05, 0.1) is 0 Å². The average molecular weight is 296 g/mol. The first-order valence-electron chi connectivity index (χ1n) is 5.36. The minimum absolute atomic E-state index is 0.555. The molecule has 0 saturated carbocycles. The molecule has 0 spiro atoms. The first-order valence-corrected chi connectivity index (χ1v) is 6.77. The van der Waals surface area contributed by atoms with Crippen molar-refractivity contribution in [1.82, 2.24) is 9.88 Å². The molecule has 0 aliphatic carbocycles.